The number of rotatable bonds is 9. The summed E-state index contributed by atoms with van der Waals surface area (Å²) >= 11 is 3.28. The highest BCUT2D eigenvalue weighted by Crippen LogP contribution is 2.30. The molecule has 0 radical (unpaired) electrons. The number of benzene rings is 2. The van der Waals surface area contributed by atoms with Crippen LogP contribution >= 0.6 is 15.9 Å². The third kappa shape index (κ3) is 5.46. The molecule has 0 atom stereocenters. The molecule has 146 valence electrons. The highest BCUT2D eigenvalue weighted by Gasteiger charge is 2.19. The Morgan fingerprint density at radius 1 is 1.15 bits per heavy atom. The van der Waals surface area contributed by atoms with Gasteiger partial charge >= 0.3 is 5.97 Å². The predicted molar refractivity (Wildman–Crippen MR) is 111 cm³/mol. The molecule has 0 bridgehead atoms. The van der Waals surface area contributed by atoms with Crippen LogP contribution in [-0.4, -0.2) is 32.6 Å². The Bertz CT molecular complexity index is 898. The van der Waals surface area contributed by atoms with Gasteiger partial charge in [0.05, 0.1) is 21.8 Å². The molecule has 0 saturated carbocycles. The van der Waals surface area contributed by atoms with Crippen LogP contribution < -0.4 is 9.62 Å². The molecule has 27 heavy (non-hydrogen) atoms. The van der Waals surface area contributed by atoms with E-state index in [-0.39, 0.29) is 16.1 Å². The second-order valence-corrected chi connectivity index (χ2v) is 8.63. The van der Waals surface area contributed by atoms with Crippen molar-refractivity contribution in [2.24, 2.45) is 0 Å². The standard InChI is InChI=1S/C19H23BrN2O4S/c1-3-5-12-22(4-2)18-11-6-14(19(23)24)13-17(18)21-27(25,26)16-9-7-15(20)8-10-16/h6-11,13,21H,3-5,12H2,1-2H3,(H,23,24). The summed E-state index contributed by atoms with van der Waals surface area (Å²) in [6.07, 6.45) is 1.96. The van der Waals surface area contributed by atoms with Crippen LogP contribution in [0.2, 0.25) is 0 Å². The minimum atomic E-state index is -3.85. The third-order valence-electron chi connectivity index (χ3n) is 4.12. The third-order valence-corrected chi connectivity index (χ3v) is 6.03. The number of nitrogens with one attached hydrogen (secondary N) is 1. The van der Waals surface area contributed by atoms with Gasteiger partial charge in [-0.1, -0.05) is 29.3 Å². The van der Waals surface area contributed by atoms with E-state index in [0.29, 0.717) is 12.2 Å². The van der Waals surface area contributed by atoms with E-state index in [9.17, 15) is 18.3 Å². The molecular formula is C19H23BrN2O4S. The summed E-state index contributed by atoms with van der Waals surface area (Å²) in [5.74, 6) is -1.11. The second kappa shape index (κ2) is 9.23. The van der Waals surface area contributed by atoms with Gasteiger partial charge in [0.15, 0.2) is 0 Å². The van der Waals surface area contributed by atoms with Gasteiger partial charge in [0, 0.05) is 17.6 Å². The Kier molecular flexibility index (Phi) is 7.26. The van der Waals surface area contributed by atoms with Gasteiger partial charge in [-0.15, -0.1) is 0 Å². The van der Waals surface area contributed by atoms with Gasteiger partial charge < -0.3 is 10.0 Å². The number of carboxylic acids is 1. The lowest BCUT2D eigenvalue weighted by atomic mass is 10.1. The van der Waals surface area contributed by atoms with Crippen LogP contribution in [0.4, 0.5) is 11.4 Å². The van der Waals surface area contributed by atoms with Crippen LogP contribution in [0, 0.1) is 0 Å². The summed E-state index contributed by atoms with van der Waals surface area (Å²) in [5.41, 5.74) is 0.950. The largest absolute Gasteiger partial charge is 0.478 e. The SMILES string of the molecule is CCCCN(CC)c1ccc(C(=O)O)cc1NS(=O)(=O)c1ccc(Br)cc1. The Balaban J connectivity index is 2.46. The van der Waals surface area contributed by atoms with Gasteiger partial charge in [-0.25, -0.2) is 13.2 Å². The van der Waals surface area contributed by atoms with Gasteiger partial charge in [-0.3, -0.25) is 4.72 Å². The zero-order valence-electron chi connectivity index (χ0n) is 15.3. The molecule has 0 spiro atoms. The maximum atomic E-state index is 12.8. The van der Waals surface area contributed by atoms with Crippen molar-refractivity contribution in [3.05, 3.63) is 52.5 Å². The Hall–Kier alpha value is -2.06. The summed E-state index contributed by atoms with van der Waals surface area (Å²) in [6.45, 7) is 5.50. The maximum Gasteiger partial charge on any atom is 0.335 e. The van der Waals surface area contributed by atoms with Gasteiger partial charge in [-0.2, -0.15) is 0 Å². The number of halogens is 1. The fourth-order valence-corrected chi connectivity index (χ4v) is 3.97. The van der Waals surface area contributed by atoms with Crippen molar-refractivity contribution in [2.75, 3.05) is 22.7 Å². The van der Waals surface area contributed by atoms with E-state index in [0.717, 1.165) is 23.9 Å². The summed E-state index contributed by atoms with van der Waals surface area (Å²) < 4.78 is 28.9. The smallest absolute Gasteiger partial charge is 0.335 e. The highest BCUT2D eigenvalue weighted by atomic mass is 79.9. The van der Waals surface area contributed by atoms with Gasteiger partial charge in [-0.05, 0) is 55.8 Å². The number of hydrogen-bond acceptors (Lipinski definition) is 4. The number of unbranched alkanes of at least 4 members (excludes halogenated alkanes) is 1. The van der Waals surface area contributed by atoms with Crippen LogP contribution in [0.1, 0.15) is 37.0 Å². The van der Waals surface area contributed by atoms with Gasteiger partial charge in [0.25, 0.3) is 10.0 Å². The Morgan fingerprint density at radius 2 is 1.81 bits per heavy atom. The molecule has 0 aromatic heterocycles. The molecular weight excluding hydrogens is 432 g/mol. The van der Waals surface area contributed by atoms with Crippen molar-refractivity contribution in [3.63, 3.8) is 0 Å². The second-order valence-electron chi connectivity index (χ2n) is 6.03. The van der Waals surface area contributed by atoms with Crippen LogP contribution in [0.3, 0.4) is 0 Å². The van der Waals surface area contributed by atoms with Crippen molar-refractivity contribution in [3.8, 4) is 0 Å². The van der Waals surface area contributed by atoms with E-state index in [1.54, 1.807) is 18.2 Å². The lowest BCUT2D eigenvalue weighted by Gasteiger charge is -2.26. The van der Waals surface area contributed by atoms with Crippen LogP contribution in [0.25, 0.3) is 0 Å². The molecule has 0 aliphatic carbocycles. The highest BCUT2D eigenvalue weighted by molar-refractivity contribution is 9.10. The fourth-order valence-electron chi connectivity index (χ4n) is 2.64. The zero-order chi connectivity index (χ0) is 20.0. The number of anilines is 2. The first-order valence-corrected chi connectivity index (χ1v) is 11.0. The number of nitrogens with zero attached hydrogens (tertiary/aromatic N) is 1. The number of hydrogen-bond donors (Lipinski definition) is 2. The van der Waals surface area contributed by atoms with Gasteiger partial charge in [0.1, 0.15) is 0 Å². The van der Waals surface area contributed by atoms with Crippen molar-refractivity contribution in [1.82, 2.24) is 0 Å². The Morgan fingerprint density at radius 3 is 2.37 bits per heavy atom. The predicted octanol–water partition coefficient (Wildman–Crippen LogP) is 4.57. The number of carboxylic acid groups (broad SMARTS) is 1. The topological polar surface area (TPSA) is 86.7 Å². The van der Waals surface area contributed by atoms with Crippen molar-refractivity contribution >= 4 is 43.3 Å². The molecule has 0 aliphatic rings. The maximum absolute atomic E-state index is 12.8. The molecule has 8 heteroatoms. The molecule has 0 saturated heterocycles. The summed E-state index contributed by atoms with van der Waals surface area (Å²) in [5, 5.41) is 9.29. The number of sulfonamides is 1. The molecule has 0 fully saturated rings. The summed E-state index contributed by atoms with van der Waals surface area (Å²) in [6, 6.07) is 10.8. The normalized spacial score (nSPS) is 11.2. The molecule has 6 nitrogen and oxygen atoms in total. The molecule has 2 aromatic rings. The van der Waals surface area contributed by atoms with Crippen molar-refractivity contribution in [1.29, 1.82) is 0 Å². The molecule has 2 N–H and O–H groups in total. The minimum absolute atomic E-state index is 0.0267. The van der Waals surface area contributed by atoms with Crippen molar-refractivity contribution in [2.45, 2.75) is 31.6 Å². The molecule has 2 aromatic carbocycles. The zero-order valence-corrected chi connectivity index (χ0v) is 17.7. The van der Waals surface area contributed by atoms with E-state index in [2.05, 4.69) is 27.6 Å². The minimum Gasteiger partial charge on any atom is -0.478 e. The van der Waals surface area contributed by atoms with E-state index in [4.69, 9.17) is 0 Å². The van der Waals surface area contributed by atoms with Crippen molar-refractivity contribution < 1.29 is 18.3 Å². The quantitative estimate of drug-likeness (QED) is 0.578. The molecule has 0 aliphatic heterocycles. The first-order valence-electron chi connectivity index (χ1n) is 8.69. The molecule has 0 unspecified atom stereocenters. The van der Waals surface area contributed by atoms with E-state index in [1.807, 2.05) is 11.8 Å². The average molecular weight is 455 g/mol. The van der Waals surface area contributed by atoms with Gasteiger partial charge in [0.2, 0.25) is 0 Å². The van der Waals surface area contributed by atoms with Crippen LogP contribution in [-0.2, 0) is 10.0 Å². The summed E-state index contributed by atoms with van der Waals surface area (Å²) in [4.78, 5) is 13.5. The van der Waals surface area contributed by atoms with Crippen LogP contribution in [0.15, 0.2) is 51.8 Å². The Labute approximate surface area is 168 Å². The monoisotopic (exact) mass is 454 g/mol. The number of carbonyl (C=O) groups is 1. The van der Waals surface area contributed by atoms with E-state index < -0.39 is 16.0 Å². The van der Waals surface area contributed by atoms with Crippen LogP contribution in [0.5, 0.6) is 0 Å². The lowest BCUT2D eigenvalue weighted by molar-refractivity contribution is 0.0697. The molecule has 2 rings (SSSR count). The lowest BCUT2D eigenvalue weighted by Crippen LogP contribution is -2.26. The molecule has 0 heterocycles. The number of aromatic carboxylic acids is 1. The molecule has 0 amide bonds. The van der Waals surface area contributed by atoms with E-state index in [1.165, 1.54) is 24.3 Å². The fraction of sp³-hybridized carbons (Fsp3) is 0.316. The first kappa shape index (κ1) is 21.2. The first-order chi connectivity index (χ1) is 12.8. The average Bonchev–Trinajstić information content (AvgIpc) is 2.63. The summed E-state index contributed by atoms with van der Waals surface area (Å²) in [7, 11) is -3.85. The van der Waals surface area contributed by atoms with E-state index >= 15 is 0 Å².